The predicted molar refractivity (Wildman–Crippen MR) is 53.6 cm³/mol. The molecule has 0 radical (unpaired) electrons. The molecule has 1 aromatic heterocycles. The predicted octanol–water partition coefficient (Wildman–Crippen LogP) is 0.193. The highest BCUT2D eigenvalue weighted by atomic mass is 16.3. The zero-order valence-electron chi connectivity index (χ0n) is 8.34. The number of amides is 1. The minimum absolute atomic E-state index is 0.0388. The fraction of sp³-hybridized carbons (Fsp3) is 0.400. The molecule has 80 valence electrons. The van der Waals surface area contributed by atoms with Crippen LogP contribution in [0.3, 0.4) is 0 Å². The quantitative estimate of drug-likeness (QED) is 0.691. The minimum Gasteiger partial charge on any atom is -0.504 e. The standard InChI is InChI=1S/C10H12N2O3/c1-6-2-3-8(14)10(11-6)12-5-7(13)4-9(12)15/h2-3,7,13-14H,4-5H2,1H3. The van der Waals surface area contributed by atoms with Crippen LogP contribution in [-0.4, -0.2) is 33.8 Å². The summed E-state index contributed by atoms with van der Waals surface area (Å²) in [5, 5.41) is 18.9. The van der Waals surface area contributed by atoms with Crippen molar-refractivity contribution in [1.82, 2.24) is 4.98 Å². The van der Waals surface area contributed by atoms with E-state index in [0.29, 0.717) is 0 Å². The number of carbonyl (C=O) groups is 1. The number of rotatable bonds is 1. The molecule has 1 aromatic rings. The molecule has 1 atom stereocenters. The molecule has 1 aliphatic rings. The lowest BCUT2D eigenvalue weighted by Crippen LogP contribution is -2.26. The second-order valence-electron chi connectivity index (χ2n) is 3.66. The van der Waals surface area contributed by atoms with Crippen molar-refractivity contribution in [1.29, 1.82) is 0 Å². The van der Waals surface area contributed by atoms with Gasteiger partial charge in [0.05, 0.1) is 19.1 Å². The van der Waals surface area contributed by atoms with Crippen molar-refractivity contribution < 1.29 is 15.0 Å². The second-order valence-corrected chi connectivity index (χ2v) is 3.66. The highest BCUT2D eigenvalue weighted by Crippen LogP contribution is 2.28. The number of β-amino-alcohol motifs (C(OH)–C–C–N with tert-alkyl or cyclic N) is 1. The first kappa shape index (κ1) is 9.92. The normalized spacial score (nSPS) is 21.1. The van der Waals surface area contributed by atoms with Crippen LogP contribution in [0.25, 0.3) is 0 Å². The van der Waals surface area contributed by atoms with Crippen molar-refractivity contribution in [2.24, 2.45) is 0 Å². The molecule has 0 aromatic carbocycles. The summed E-state index contributed by atoms with van der Waals surface area (Å²) in [6.45, 7) is 1.97. The SMILES string of the molecule is Cc1ccc(O)c(N2CC(O)CC2=O)n1. The van der Waals surface area contributed by atoms with Crippen LogP contribution >= 0.6 is 0 Å². The number of aliphatic hydroxyl groups excluding tert-OH is 1. The van der Waals surface area contributed by atoms with Gasteiger partial charge in [-0.15, -0.1) is 0 Å². The first-order chi connectivity index (χ1) is 7.08. The van der Waals surface area contributed by atoms with Crippen molar-refractivity contribution in [3.63, 3.8) is 0 Å². The summed E-state index contributed by atoms with van der Waals surface area (Å²) in [5.74, 6) is -0.0181. The van der Waals surface area contributed by atoms with Gasteiger partial charge in [0, 0.05) is 5.69 Å². The Morgan fingerprint density at radius 2 is 2.27 bits per heavy atom. The fourth-order valence-electron chi connectivity index (χ4n) is 1.63. The van der Waals surface area contributed by atoms with Gasteiger partial charge in [0.15, 0.2) is 11.6 Å². The maximum atomic E-state index is 11.5. The number of aromatic nitrogens is 1. The number of hydrogen-bond acceptors (Lipinski definition) is 4. The lowest BCUT2D eigenvalue weighted by Gasteiger charge is -2.16. The molecule has 0 bridgehead atoms. The van der Waals surface area contributed by atoms with E-state index in [1.165, 1.54) is 11.0 Å². The third-order valence-corrected chi connectivity index (χ3v) is 2.35. The molecule has 1 fully saturated rings. The number of nitrogens with zero attached hydrogens (tertiary/aromatic N) is 2. The summed E-state index contributed by atoms with van der Waals surface area (Å²) >= 11 is 0. The highest BCUT2D eigenvalue weighted by molar-refractivity contribution is 5.96. The summed E-state index contributed by atoms with van der Waals surface area (Å²) in [4.78, 5) is 16.9. The number of carbonyl (C=O) groups excluding carboxylic acids is 1. The Balaban J connectivity index is 2.37. The van der Waals surface area contributed by atoms with Gasteiger partial charge in [0.2, 0.25) is 5.91 Å². The molecule has 2 rings (SSSR count). The maximum Gasteiger partial charge on any atom is 0.231 e. The van der Waals surface area contributed by atoms with Gasteiger partial charge in [-0.25, -0.2) is 4.98 Å². The fourth-order valence-corrected chi connectivity index (χ4v) is 1.63. The summed E-state index contributed by atoms with van der Waals surface area (Å²) in [5.41, 5.74) is 0.719. The first-order valence-corrected chi connectivity index (χ1v) is 4.73. The Kier molecular flexibility index (Phi) is 2.32. The number of anilines is 1. The molecule has 5 heteroatoms. The molecular formula is C10H12N2O3. The monoisotopic (exact) mass is 208 g/mol. The van der Waals surface area contributed by atoms with Crippen LogP contribution in [-0.2, 0) is 4.79 Å². The van der Waals surface area contributed by atoms with Gasteiger partial charge < -0.3 is 10.2 Å². The van der Waals surface area contributed by atoms with E-state index in [1.807, 2.05) is 0 Å². The van der Waals surface area contributed by atoms with Crippen molar-refractivity contribution in [2.45, 2.75) is 19.4 Å². The average molecular weight is 208 g/mol. The number of aromatic hydroxyl groups is 1. The van der Waals surface area contributed by atoms with Crippen molar-refractivity contribution >= 4 is 11.7 Å². The molecule has 1 amide bonds. The molecule has 0 saturated carbocycles. The van der Waals surface area contributed by atoms with Crippen LogP contribution < -0.4 is 4.90 Å². The smallest absolute Gasteiger partial charge is 0.231 e. The summed E-state index contributed by atoms with van der Waals surface area (Å²) in [7, 11) is 0. The Morgan fingerprint density at radius 1 is 1.53 bits per heavy atom. The average Bonchev–Trinajstić information content (AvgIpc) is 2.50. The van der Waals surface area contributed by atoms with Crippen LogP contribution in [0.4, 0.5) is 5.82 Å². The van der Waals surface area contributed by atoms with Gasteiger partial charge in [0.25, 0.3) is 0 Å². The molecule has 1 saturated heterocycles. The zero-order valence-corrected chi connectivity index (χ0v) is 8.34. The van der Waals surface area contributed by atoms with Crippen molar-refractivity contribution in [2.75, 3.05) is 11.4 Å². The van der Waals surface area contributed by atoms with Crippen LogP contribution in [0.5, 0.6) is 5.75 Å². The van der Waals surface area contributed by atoms with Gasteiger partial charge in [0.1, 0.15) is 0 Å². The topological polar surface area (TPSA) is 73.7 Å². The lowest BCUT2D eigenvalue weighted by molar-refractivity contribution is -0.117. The number of pyridine rings is 1. The number of aryl methyl sites for hydroxylation is 1. The van der Waals surface area contributed by atoms with Crippen LogP contribution in [0.15, 0.2) is 12.1 Å². The number of aliphatic hydroxyl groups is 1. The van der Waals surface area contributed by atoms with Crippen LogP contribution in [0.1, 0.15) is 12.1 Å². The van der Waals surface area contributed by atoms with E-state index in [4.69, 9.17) is 0 Å². The summed E-state index contributed by atoms with van der Waals surface area (Å²) in [6, 6.07) is 3.16. The van der Waals surface area contributed by atoms with E-state index in [1.54, 1.807) is 13.0 Å². The summed E-state index contributed by atoms with van der Waals surface area (Å²) < 4.78 is 0. The van der Waals surface area contributed by atoms with E-state index in [9.17, 15) is 15.0 Å². The van der Waals surface area contributed by atoms with Gasteiger partial charge in [-0.3, -0.25) is 9.69 Å². The van der Waals surface area contributed by atoms with E-state index in [0.717, 1.165) is 5.69 Å². The Labute approximate surface area is 87.0 Å². The molecule has 1 unspecified atom stereocenters. The number of hydrogen-bond donors (Lipinski definition) is 2. The van der Waals surface area contributed by atoms with Crippen LogP contribution in [0.2, 0.25) is 0 Å². The molecule has 15 heavy (non-hydrogen) atoms. The molecule has 0 aliphatic carbocycles. The van der Waals surface area contributed by atoms with E-state index >= 15 is 0 Å². The Hall–Kier alpha value is -1.62. The molecule has 0 spiro atoms. The maximum absolute atomic E-state index is 11.5. The van der Waals surface area contributed by atoms with Crippen LogP contribution in [0, 0.1) is 6.92 Å². The van der Waals surface area contributed by atoms with Crippen molar-refractivity contribution in [3.8, 4) is 5.75 Å². The zero-order chi connectivity index (χ0) is 11.0. The second kappa shape index (κ2) is 3.51. The molecule has 2 N–H and O–H groups in total. The van der Waals surface area contributed by atoms with Crippen molar-refractivity contribution in [3.05, 3.63) is 17.8 Å². The third kappa shape index (κ3) is 1.78. The highest BCUT2D eigenvalue weighted by Gasteiger charge is 2.31. The van der Waals surface area contributed by atoms with E-state index in [-0.39, 0.29) is 30.4 Å². The molecule has 2 heterocycles. The largest absolute Gasteiger partial charge is 0.504 e. The van der Waals surface area contributed by atoms with E-state index < -0.39 is 6.10 Å². The summed E-state index contributed by atoms with van der Waals surface area (Å²) in [6.07, 6.45) is -0.575. The van der Waals surface area contributed by atoms with Gasteiger partial charge in [-0.1, -0.05) is 0 Å². The third-order valence-electron chi connectivity index (χ3n) is 2.35. The first-order valence-electron chi connectivity index (χ1n) is 4.73. The van der Waals surface area contributed by atoms with Gasteiger partial charge >= 0.3 is 0 Å². The minimum atomic E-state index is -0.667. The van der Waals surface area contributed by atoms with Gasteiger partial charge in [-0.05, 0) is 19.1 Å². The molecule has 5 nitrogen and oxygen atoms in total. The Bertz CT molecular complexity index is 406. The van der Waals surface area contributed by atoms with E-state index in [2.05, 4.69) is 4.98 Å². The lowest BCUT2D eigenvalue weighted by atomic mass is 10.3. The molecule has 1 aliphatic heterocycles. The Morgan fingerprint density at radius 3 is 2.87 bits per heavy atom. The van der Waals surface area contributed by atoms with Gasteiger partial charge in [-0.2, -0.15) is 0 Å². The molecular weight excluding hydrogens is 196 g/mol.